The average Bonchev–Trinajstić information content (AvgIpc) is 0.966. The van der Waals surface area contributed by atoms with Crippen molar-refractivity contribution in [2.24, 2.45) is 11.1 Å². The number of carboxylic acids is 4. The van der Waals surface area contributed by atoms with Gasteiger partial charge >= 0.3 is 23.9 Å². The molecule has 640 valence electrons. The van der Waals surface area contributed by atoms with Crippen molar-refractivity contribution in [2.75, 3.05) is 30.3 Å². The summed E-state index contributed by atoms with van der Waals surface area (Å²) in [7, 11) is 0. The number of hydrogen-bond acceptors (Lipinski definition) is 22. The van der Waals surface area contributed by atoms with Crippen molar-refractivity contribution in [3.05, 3.63) is 119 Å². The van der Waals surface area contributed by atoms with Gasteiger partial charge in [-0.25, -0.2) is 0 Å². The number of nitrogens with two attached hydrogens (primary N) is 1. The number of rotatable bonds is 19. The molecule has 118 heavy (non-hydrogen) atoms. The lowest BCUT2D eigenvalue weighted by molar-refractivity contribution is -0.142. The van der Waals surface area contributed by atoms with E-state index in [9.17, 15) is 107 Å². The van der Waals surface area contributed by atoms with E-state index in [0.29, 0.717) is 33.0 Å². The van der Waals surface area contributed by atoms with Crippen molar-refractivity contribution in [1.82, 2.24) is 69.1 Å². The number of nitrogens with one attached hydrogen (secondary N) is 13. The van der Waals surface area contributed by atoms with Crippen molar-refractivity contribution in [3.8, 4) is 0 Å². The molecule has 2 aliphatic rings. The van der Waals surface area contributed by atoms with Crippen LogP contribution in [0.1, 0.15) is 127 Å². The van der Waals surface area contributed by atoms with Gasteiger partial charge in [0.2, 0.25) is 82.7 Å². The molecule has 12 atom stereocenters. The highest BCUT2D eigenvalue weighted by Crippen LogP contribution is 2.26. The van der Waals surface area contributed by atoms with E-state index in [1.807, 2.05) is 18.2 Å². The number of amides is 14. The second-order valence-corrected chi connectivity index (χ2v) is 32.5. The summed E-state index contributed by atoms with van der Waals surface area (Å²) in [6, 6.07) is 5.90. The zero-order valence-electron chi connectivity index (χ0n) is 65.6. The molecule has 0 aromatic heterocycles. The van der Waals surface area contributed by atoms with Crippen LogP contribution in [0, 0.1) is 5.41 Å². The van der Waals surface area contributed by atoms with E-state index in [1.54, 1.807) is 81.4 Å². The number of benzene rings is 4. The van der Waals surface area contributed by atoms with Crippen LogP contribution >= 0.6 is 35.3 Å². The van der Waals surface area contributed by atoms with E-state index in [4.69, 9.17) is 5.73 Å². The van der Waals surface area contributed by atoms with Crippen LogP contribution < -0.4 is 74.9 Å². The molecule has 0 saturated carbocycles. The molecular formula is C78H102N14O23S3. The molecule has 4 bridgehead atoms. The highest BCUT2D eigenvalue weighted by atomic mass is 32.2. The van der Waals surface area contributed by atoms with Crippen molar-refractivity contribution in [3.63, 3.8) is 0 Å². The molecule has 1 unspecified atom stereocenters. The molecule has 2 aliphatic heterocycles. The number of aliphatic carboxylic acids is 4. The molecule has 14 amide bonds. The van der Waals surface area contributed by atoms with E-state index < -0.39 is 249 Å². The van der Waals surface area contributed by atoms with Crippen LogP contribution in [-0.4, -0.2) is 235 Å². The van der Waals surface area contributed by atoms with Gasteiger partial charge in [0.25, 0.3) is 0 Å². The summed E-state index contributed by atoms with van der Waals surface area (Å²) in [5.74, 6) is -20.9. The zero-order valence-corrected chi connectivity index (χ0v) is 68.1. The van der Waals surface area contributed by atoms with Gasteiger partial charge in [-0.2, -0.15) is 35.3 Å². The zero-order chi connectivity index (χ0) is 86.9. The minimum Gasteiger partial charge on any atom is -0.481 e. The second kappa shape index (κ2) is 47.1. The lowest BCUT2D eigenvalue weighted by Crippen LogP contribution is -2.61. The molecule has 6 rings (SSSR count). The molecule has 37 nitrogen and oxygen atoms in total. The predicted octanol–water partition coefficient (Wildman–Crippen LogP) is -1.21. The Morgan fingerprint density at radius 3 is 1.49 bits per heavy atom. The van der Waals surface area contributed by atoms with Gasteiger partial charge in [-0.15, -0.1) is 0 Å². The van der Waals surface area contributed by atoms with Gasteiger partial charge in [0.15, 0.2) is 0 Å². The highest BCUT2D eigenvalue weighted by molar-refractivity contribution is 7.99. The number of primary amides is 1. The molecule has 4 aromatic carbocycles. The largest absolute Gasteiger partial charge is 0.481 e. The molecule has 4 aromatic rings. The number of aliphatic hydroxyl groups excluding tert-OH is 1. The Morgan fingerprint density at radius 2 is 0.932 bits per heavy atom. The molecule has 0 spiro atoms. The Kier molecular flexibility index (Phi) is 38.1. The van der Waals surface area contributed by atoms with Crippen LogP contribution in [0.5, 0.6) is 0 Å². The van der Waals surface area contributed by atoms with Crippen LogP contribution in [0.25, 0.3) is 10.8 Å². The maximum atomic E-state index is 15.0. The van der Waals surface area contributed by atoms with Crippen LogP contribution in [0.3, 0.4) is 0 Å². The molecular weight excluding hydrogens is 1600 g/mol. The molecule has 20 N–H and O–H groups in total. The van der Waals surface area contributed by atoms with Crippen molar-refractivity contribution < 1.29 is 112 Å². The molecule has 0 saturated heterocycles. The summed E-state index contributed by atoms with van der Waals surface area (Å²) < 4.78 is 0. The van der Waals surface area contributed by atoms with Crippen molar-refractivity contribution >= 4 is 153 Å². The highest BCUT2D eigenvalue weighted by Gasteiger charge is 2.40. The Morgan fingerprint density at radius 1 is 0.466 bits per heavy atom. The Balaban J connectivity index is 1.47. The van der Waals surface area contributed by atoms with Gasteiger partial charge in [0.1, 0.15) is 66.5 Å². The molecule has 2 heterocycles. The van der Waals surface area contributed by atoms with Crippen molar-refractivity contribution in [2.45, 2.75) is 201 Å². The van der Waals surface area contributed by atoms with Crippen LogP contribution in [0.2, 0.25) is 0 Å². The summed E-state index contributed by atoms with van der Waals surface area (Å²) >= 11 is 3.72. The maximum Gasteiger partial charge on any atom is 0.305 e. The van der Waals surface area contributed by atoms with E-state index in [0.717, 1.165) is 17.3 Å². The number of thioether (sulfide) groups is 3. The SMILES string of the molecule is CCC(O)C[C@@H]1NC(=O)[C@H](Cc2ccccc2)NC(=O)[C@H](CC(=O)O)NC(=O)[C@H](CCC(=O)O)NC(=O)[C@H]2CSCc3cc(cc(c3)CSCCC(=O)N[C@H](C)C(=O)N[C@@H](CC(N)=O)C(=O)N[C@@H](CCC(=O)O)C(=O)N[C@@H](Cc3cccc4ccccc34)C(=O)NCC(=O)N2)CSCCNC(=O)[C@H](C(C)(C)C)NC(=O)[C@H](CC(=O)O)NC1=O. The van der Waals surface area contributed by atoms with E-state index in [-0.39, 0.29) is 60.3 Å². The van der Waals surface area contributed by atoms with Gasteiger partial charge in [-0.05, 0) is 70.2 Å². The van der Waals surface area contributed by atoms with E-state index >= 15 is 4.79 Å². The fourth-order valence-corrected chi connectivity index (χ4v) is 15.0. The number of aliphatic hydroxyl groups is 1. The first-order valence-electron chi connectivity index (χ1n) is 37.9. The summed E-state index contributed by atoms with van der Waals surface area (Å²) in [6.07, 6.45) is -9.02. The lowest BCUT2D eigenvalue weighted by Gasteiger charge is -2.32. The quantitative estimate of drug-likeness (QED) is 0.0524. The second-order valence-electron chi connectivity index (χ2n) is 29.3. The Labute approximate surface area is 691 Å². The first-order valence-corrected chi connectivity index (χ1v) is 41.4. The number of fused-ring (bicyclic) bond motifs is 6. The first-order chi connectivity index (χ1) is 55.8. The van der Waals surface area contributed by atoms with Gasteiger partial charge < -0.3 is 100 Å². The predicted molar refractivity (Wildman–Crippen MR) is 433 cm³/mol. The summed E-state index contributed by atoms with van der Waals surface area (Å²) in [5.41, 5.74) is 7.31. The molecule has 40 heteroatoms. The van der Waals surface area contributed by atoms with Crippen LogP contribution in [-0.2, 0) is 116 Å². The fourth-order valence-electron chi connectivity index (χ4n) is 12.4. The smallest absolute Gasteiger partial charge is 0.305 e. The third-order valence-electron chi connectivity index (χ3n) is 18.6. The summed E-state index contributed by atoms with van der Waals surface area (Å²) in [4.78, 5) is 249. The summed E-state index contributed by atoms with van der Waals surface area (Å²) in [6.45, 7) is 6.71. The molecule has 0 aliphatic carbocycles. The van der Waals surface area contributed by atoms with E-state index in [2.05, 4.69) is 69.1 Å². The van der Waals surface area contributed by atoms with Crippen LogP contribution in [0.15, 0.2) is 91.0 Å². The van der Waals surface area contributed by atoms with Crippen molar-refractivity contribution in [1.29, 1.82) is 0 Å². The first kappa shape index (κ1) is 95.5. The average molecular weight is 1700 g/mol. The van der Waals surface area contributed by atoms with Gasteiger partial charge in [0, 0.05) is 79.6 Å². The summed E-state index contributed by atoms with van der Waals surface area (Å²) in [5, 5.41) is 84.3. The van der Waals surface area contributed by atoms with Crippen LogP contribution in [0.4, 0.5) is 0 Å². The number of carboxylic acid groups (broad SMARTS) is 4. The Bertz CT molecular complexity index is 4320. The van der Waals surface area contributed by atoms with Gasteiger partial charge in [-0.3, -0.25) is 86.3 Å². The van der Waals surface area contributed by atoms with Gasteiger partial charge in [-0.1, -0.05) is 119 Å². The number of carbonyl (C=O) groups is 18. The minimum atomic E-state index is -2.16. The van der Waals surface area contributed by atoms with E-state index in [1.165, 1.54) is 49.5 Å². The monoisotopic (exact) mass is 1700 g/mol. The fraction of sp³-hybridized carbons (Fsp3) is 0.487. The number of carbonyl (C=O) groups excluding carboxylic acids is 14. The van der Waals surface area contributed by atoms with Gasteiger partial charge in [0.05, 0.1) is 31.9 Å². The standard InChI is InChI=1S/C78H102N14O23S3/c1-6-48(93)32-54-72(110)91-57(35-65(103)104)75(113)92-66(78(3,4)5)77(115)80-24-26-117-38-44-27-43-28-45(29-44)39-118-40-58(76(114)85-51(20-22-63(99)100)70(108)90-56(34-64(101)102)74(112)87-52(71(109)89-54)30-42-13-8-7-9-14-42)83-61(96)36-81-68(106)53(31-47-17-12-16-46-15-10-11-18-49(46)47)88-69(107)50(19-21-62(97)98)84-73(111)55(33-59(79)94)86-67(105)41(2)82-60(95)23-25-116-37-43/h7-18,27-29,41,48,50-58,66,93H,6,19-26,30-40H2,1-5H3,(H2,79,94)(H,80,115)(H,81,106)(H,82,95)(H,83,96)(H,84,111)(H,85,114)(H,86,105)(H,87,112)(H,88,107)(H,89,109)(H,90,108)(H,91,110)(H,92,113)(H,97,98)(H,99,100)(H,101,102)(H,103,104)/t41-,48?,50+,51+,52+,53+,54+,55+,56+,57+,58-,66-/m1/s1. The Hall–Kier alpha value is -11.4. The third kappa shape index (κ3) is 32.6. The lowest BCUT2D eigenvalue weighted by atomic mass is 9.85. The normalized spacial score (nSPS) is 23.6. The third-order valence-corrected chi connectivity index (χ3v) is 21.7. The minimum absolute atomic E-state index is 0.00866. The molecule has 0 fully saturated rings. The topological polar surface area (TPSA) is 591 Å². The molecule has 0 radical (unpaired) electrons. The maximum absolute atomic E-state index is 15.0. The number of hydrogen-bond donors (Lipinski definition) is 19.